The van der Waals surface area contributed by atoms with E-state index in [4.69, 9.17) is 11.6 Å². The molecule has 6 nitrogen and oxygen atoms in total. The molecule has 0 aliphatic heterocycles. The van der Waals surface area contributed by atoms with Crippen molar-refractivity contribution in [2.45, 2.75) is 6.92 Å². The first kappa shape index (κ1) is 11.5. The average molecular weight is 252 g/mol. The maximum Gasteiger partial charge on any atom is 0.260 e. The Morgan fingerprint density at radius 1 is 1.41 bits per heavy atom. The van der Waals surface area contributed by atoms with Gasteiger partial charge in [-0.2, -0.15) is 5.10 Å². The van der Waals surface area contributed by atoms with Crippen LogP contribution in [-0.4, -0.2) is 25.9 Å². The molecule has 7 heteroatoms. The van der Waals surface area contributed by atoms with E-state index in [1.807, 2.05) is 6.92 Å². The van der Waals surface area contributed by atoms with E-state index in [0.717, 1.165) is 5.69 Å². The zero-order valence-corrected chi connectivity index (χ0v) is 10.1. The van der Waals surface area contributed by atoms with Gasteiger partial charge >= 0.3 is 0 Å². The number of aryl methyl sites for hydroxylation is 1. The molecule has 0 radical (unpaired) electrons. The molecule has 1 N–H and O–H groups in total. The molecule has 0 saturated heterocycles. The summed E-state index contributed by atoms with van der Waals surface area (Å²) in [5.74, 6) is 0.0786. The Morgan fingerprint density at radius 2 is 2.18 bits per heavy atom. The normalized spacial score (nSPS) is 10.3. The number of halogens is 1. The molecule has 88 valence electrons. The van der Waals surface area contributed by atoms with Crippen molar-refractivity contribution in [2.75, 3.05) is 5.32 Å². The molecule has 0 bridgehead atoms. The lowest BCUT2D eigenvalue weighted by atomic mass is 10.2. The molecular formula is C10H10ClN5O. The Bertz CT molecular complexity index is 548. The maximum absolute atomic E-state index is 11.9. The summed E-state index contributed by atoms with van der Waals surface area (Å²) >= 11 is 5.59. The number of nitrogens with zero attached hydrogens (tertiary/aromatic N) is 4. The number of aromatic nitrogens is 4. The van der Waals surface area contributed by atoms with E-state index in [1.165, 1.54) is 6.20 Å². The summed E-state index contributed by atoms with van der Waals surface area (Å²) in [6.07, 6.45) is 1.51. The van der Waals surface area contributed by atoms with E-state index in [9.17, 15) is 4.79 Å². The monoisotopic (exact) mass is 251 g/mol. The van der Waals surface area contributed by atoms with Crippen molar-refractivity contribution in [2.24, 2.45) is 7.05 Å². The van der Waals surface area contributed by atoms with E-state index in [-0.39, 0.29) is 11.1 Å². The van der Waals surface area contributed by atoms with Crippen LogP contribution in [0.4, 0.5) is 5.82 Å². The predicted octanol–water partition coefficient (Wildman–Crippen LogP) is 1.42. The minimum absolute atomic E-state index is 0.271. The third-order valence-corrected chi connectivity index (χ3v) is 2.56. The Morgan fingerprint density at radius 3 is 2.71 bits per heavy atom. The summed E-state index contributed by atoms with van der Waals surface area (Å²) < 4.78 is 1.63. The molecular weight excluding hydrogens is 242 g/mol. The number of amides is 1. The van der Waals surface area contributed by atoms with Gasteiger partial charge in [0.25, 0.3) is 5.91 Å². The lowest BCUT2D eigenvalue weighted by molar-refractivity contribution is 0.102. The fourth-order valence-corrected chi connectivity index (χ4v) is 1.39. The van der Waals surface area contributed by atoms with Crippen LogP contribution >= 0.6 is 11.6 Å². The van der Waals surface area contributed by atoms with Gasteiger partial charge in [-0.3, -0.25) is 9.48 Å². The summed E-state index contributed by atoms with van der Waals surface area (Å²) in [5.41, 5.74) is 1.29. The summed E-state index contributed by atoms with van der Waals surface area (Å²) in [7, 11) is 1.77. The van der Waals surface area contributed by atoms with Gasteiger partial charge in [0.15, 0.2) is 11.0 Å². The molecule has 0 unspecified atom stereocenters. The molecule has 0 saturated carbocycles. The zero-order chi connectivity index (χ0) is 12.4. The number of nitrogens with one attached hydrogen (secondary N) is 1. The van der Waals surface area contributed by atoms with E-state index < -0.39 is 0 Å². The van der Waals surface area contributed by atoms with Gasteiger partial charge in [0.1, 0.15) is 0 Å². The second kappa shape index (κ2) is 4.50. The van der Waals surface area contributed by atoms with Gasteiger partial charge in [-0.1, -0.05) is 11.6 Å². The van der Waals surface area contributed by atoms with Crippen LogP contribution in [0.5, 0.6) is 0 Å². The van der Waals surface area contributed by atoms with Crippen LogP contribution < -0.4 is 5.32 Å². The molecule has 0 fully saturated rings. The lowest BCUT2D eigenvalue weighted by Crippen LogP contribution is -2.14. The Balaban J connectivity index is 2.17. The van der Waals surface area contributed by atoms with Crippen LogP contribution in [-0.2, 0) is 7.05 Å². The van der Waals surface area contributed by atoms with Crippen molar-refractivity contribution in [1.29, 1.82) is 0 Å². The fourth-order valence-electron chi connectivity index (χ4n) is 1.29. The van der Waals surface area contributed by atoms with Crippen molar-refractivity contribution in [3.05, 3.63) is 34.7 Å². The van der Waals surface area contributed by atoms with Gasteiger partial charge in [-0.15, -0.1) is 10.2 Å². The standard InChI is InChI=1S/C10H10ClN5O/c1-6-7(5-12-16(6)2)10(17)13-9-4-3-8(11)14-15-9/h3-5H,1-2H3,(H,13,15,17). The highest BCUT2D eigenvalue weighted by Crippen LogP contribution is 2.10. The van der Waals surface area contributed by atoms with Crippen LogP contribution in [0.1, 0.15) is 16.1 Å². The number of anilines is 1. The highest BCUT2D eigenvalue weighted by atomic mass is 35.5. The molecule has 0 atom stereocenters. The molecule has 2 aromatic rings. The third kappa shape index (κ3) is 2.42. The number of carbonyl (C=O) groups is 1. The SMILES string of the molecule is Cc1c(C(=O)Nc2ccc(Cl)nn2)cnn1C. The highest BCUT2D eigenvalue weighted by Gasteiger charge is 2.13. The van der Waals surface area contributed by atoms with Gasteiger partial charge in [0, 0.05) is 12.7 Å². The van der Waals surface area contributed by atoms with Crippen LogP contribution in [0.2, 0.25) is 5.15 Å². The Hall–Kier alpha value is -1.95. The van der Waals surface area contributed by atoms with Crippen molar-refractivity contribution in [1.82, 2.24) is 20.0 Å². The summed E-state index contributed by atoms with van der Waals surface area (Å²) in [6.45, 7) is 1.81. The van der Waals surface area contributed by atoms with Crippen LogP contribution in [0, 0.1) is 6.92 Å². The first-order valence-corrected chi connectivity index (χ1v) is 5.25. The summed E-state index contributed by atoms with van der Waals surface area (Å²) in [5, 5.41) is 14.3. The molecule has 2 aromatic heterocycles. The Kier molecular flexibility index (Phi) is 3.06. The average Bonchev–Trinajstić information content (AvgIpc) is 2.63. The predicted molar refractivity (Wildman–Crippen MR) is 62.9 cm³/mol. The number of carbonyl (C=O) groups excluding carboxylic acids is 1. The van der Waals surface area contributed by atoms with Crippen molar-refractivity contribution < 1.29 is 4.79 Å². The molecule has 2 rings (SSSR count). The molecule has 1 amide bonds. The molecule has 2 heterocycles. The van der Waals surface area contributed by atoms with Gasteiger partial charge in [0.05, 0.1) is 11.8 Å². The lowest BCUT2D eigenvalue weighted by Gasteiger charge is -2.02. The van der Waals surface area contributed by atoms with Gasteiger partial charge < -0.3 is 5.32 Å². The zero-order valence-electron chi connectivity index (χ0n) is 9.31. The number of hydrogen-bond donors (Lipinski definition) is 1. The first-order chi connectivity index (χ1) is 8.08. The third-order valence-electron chi connectivity index (χ3n) is 2.35. The largest absolute Gasteiger partial charge is 0.305 e. The minimum Gasteiger partial charge on any atom is -0.305 e. The fraction of sp³-hybridized carbons (Fsp3) is 0.200. The van der Waals surface area contributed by atoms with Gasteiger partial charge in [-0.25, -0.2) is 0 Å². The van der Waals surface area contributed by atoms with Crippen LogP contribution in [0.3, 0.4) is 0 Å². The second-order valence-corrected chi connectivity index (χ2v) is 3.85. The Labute approximate surface area is 103 Å². The van der Waals surface area contributed by atoms with E-state index in [0.29, 0.717) is 11.4 Å². The van der Waals surface area contributed by atoms with Crippen molar-refractivity contribution in [3.8, 4) is 0 Å². The molecule has 0 aliphatic carbocycles. The van der Waals surface area contributed by atoms with Crippen LogP contribution in [0.15, 0.2) is 18.3 Å². The van der Waals surface area contributed by atoms with E-state index in [2.05, 4.69) is 20.6 Å². The van der Waals surface area contributed by atoms with Gasteiger partial charge in [-0.05, 0) is 19.1 Å². The summed E-state index contributed by atoms with van der Waals surface area (Å²) in [6, 6.07) is 3.14. The summed E-state index contributed by atoms with van der Waals surface area (Å²) in [4.78, 5) is 11.9. The quantitative estimate of drug-likeness (QED) is 0.876. The van der Waals surface area contributed by atoms with E-state index in [1.54, 1.807) is 23.9 Å². The highest BCUT2D eigenvalue weighted by molar-refractivity contribution is 6.29. The maximum atomic E-state index is 11.9. The number of rotatable bonds is 2. The number of hydrogen-bond acceptors (Lipinski definition) is 4. The van der Waals surface area contributed by atoms with Crippen molar-refractivity contribution in [3.63, 3.8) is 0 Å². The van der Waals surface area contributed by atoms with Crippen LogP contribution in [0.25, 0.3) is 0 Å². The topological polar surface area (TPSA) is 72.7 Å². The second-order valence-electron chi connectivity index (χ2n) is 3.46. The molecule has 0 aliphatic rings. The molecule has 0 aromatic carbocycles. The minimum atomic E-state index is -0.271. The molecule has 0 spiro atoms. The van der Waals surface area contributed by atoms with E-state index >= 15 is 0 Å². The smallest absolute Gasteiger partial charge is 0.260 e. The van der Waals surface area contributed by atoms with Crippen molar-refractivity contribution >= 4 is 23.3 Å². The molecule has 17 heavy (non-hydrogen) atoms. The van der Waals surface area contributed by atoms with Gasteiger partial charge in [0.2, 0.25) is 0 Å². The first-order valence-electron chi connectivity index (χ1n) is 4.87.